The smallest absolute Gasteiger partial charge is 0.144 e. The summed E-state index contributed by atoms with van der Waals surface area (Å²) in [5.74, 6) is 0.736. The number of benzene rings is 1. The zero-order chi connectivity index (χ0) is 15.2. The Hall–Kier alpha value is -1.42. The first-order chi connectivity index (χ1) is 9.34. The van der Waals surface area contributed by atoms with Crippen LogP contribution < -0.4 is 15.8 Å². The van der Waals surface area contributed by atoms with Gasteiger partial charge < -0.3 is 20.5 Å². The molecule has 1 aromatic rings. The van der Waals surface area contributed by atoms with E-state index in [1.165, 1.54) is 0 Å². The van der Waals surface area contributed by atoms with Crippen molar-refractivity contribution in [3.63, 3.8) is 0 Å². The van der Waals surface area contributed by atoms with E-state index in [1.54, 1.807) is 7.11 Å². The van der Waals surface area contributed by atoms with E-state index in [1.807, 2.05) is 32.0 Å². The summed E-state index contributed by atoms with van der Waals surface area (Å²) in [6, 6.07) is 5.82. The first-order valence-corrected chi connectivity index (χ1v) is 7.13. The predicted molar refractivity (Wildman–Crippen MR) is 85.4 cm³/mol. The summed E-state index contributed by atoms with van der Waals surface area (Å²) < 4.78 is 10.8. The van der Waals surface area contributed by atoms with Gasteiger partial charge in [-0.3, -0.25) is 0 Å². The average Bonchev–Trinajstić information content (AvgIpc) is 2.37. The summed E-state index contributed by atoms with van der Waals surface area (Å²) in [5.41, 5.74) is 7.79. The van der Waals surface area contributed by atoms with Gasteiger partial charge in [0.2, 0.25) is 0 Å². The van der Waals surface area contributed by atoms with Crippen molar-refractivity contribution in [2.24, 2.45) is 5.41 Å². The first kappa shape index (κ1) is 16.6. The van der Waals surface area contributed by atoms with Gasteiger partial charge >= 0.3 is 0 Å². The molecule has 0 amide bonds. The highest BCUT2D eigenvalue weighted by Gasteiger charge is 2.17. The summed E-state index contributed by atoms with van der Waals surface area (Å²) in [4.78, 5) is 0. The van der Waals surface area contributed by atoms with E-state index in [0.717, 1.165) is 31.0 Å². The Balaban J connectivity index is 2.64. The summed E-state index contributed by atoms with van der Waals surface area (Å²) >= 11 is 0. The second-order valence-electron chi connectivity index (χ2n) is 6.18. The van der Waals surface area contributed by atoms with Gasteiger partial charge in [0, 0.05) is 32.0 Å². The number of hydrogen-bond donors (Lipinski definition) is 2. The molecule has 4 heteroatoms. The second kappa shape index (κ2) is 7.39. The largest absolute Gasteiger partial charge is 0.489 e. The molecule has 0 atom stereocenters. The quantitative estimate of drug-likeness (QED) is 0.715. The van der Waals surface area contributed by atoms with Gasteiger partial charge in [-0.05, 0) is 37.8 Å². The molecule has 3 N–H and O–H groups in total. The van der Waals surface area contributed by atoms with Crippen LogP contribution in [-0.2, 0) is 4.74 Å². The van der Waals surface area contributed by atoms with Gasteiger partial charge in [0.15, 0.2) is 0 Å². The number of rotatable bonds is 8. The van der Waals surface area contributed by atoms with Crippen molar-refractivity contribution >= 4 is 11.4 Å². The van der Waals surface area contributed by atoms with Gasteiger partial charge in [-0.25, -0.2) is 0 Å². The number of anilines is 2. The second-order valence-corrected chi connectivity index (χ2v) is 6.18. The van der Waals surface area contributed by atoms with Crippen LogP contribution in [0.3, 0.4) is 0 Å². The lowest BCUT2D eigenvalue weighted by atomic mass is 9.89. The molecule has 0 heterocycles. The minimum absolute atomic E-state index is 0.116. The predicted octanol–water partition coefficient (Wildman–Crippen LogP) is 3.53. The van der Waals surface area contributed by atoms with Gasteiger partial charge in [-0.2, -0.15) is 0 Å². The maximum Gasteiger partial charge on any atom is 0.144 e. The number of methoxy groups -OCH3 is 1. The van der Waals surface area contributed by atoms with Gasteiger partial charge in [0.25, 0.3) is 0 Å². The monoisotopic (exact) mass is 280 g/mol. The fourth-order valence-corrected chi connectivity index (χ4v) is 1.81. The molecule has 0 saturated carbocycles. The van der Waals surface area contributed by atoms with Crippen LogP contribution in [0, 0.1) is 5.41 Å². The number of hydrogen-bond acceptors (Lipinski definition) is 4. The van der Waals surface area contributed by atoms with E-state index in [0.29, 0.717) is 5.69 Å². The molecule has 0 aromatic heterocycles. The minimum Gasteiger partial charge on any atom is -0.489 e. The lowest BCUT2D eigenvalue weighted by molar-refractivity contribution is 0.157. The number of nitrogens with one attached hydrogen (secondary N) is 1. The van der Waals surface area contributed by atoms with E-state index in [9.17, 15) is 0 Å². The molecule has 0 fully saturated rings. The van der Waals surface area contributed by atoms with Crippen molar-refractivity contribution in [3.8, 4) is 5.75 Å². The van der Waals surface area contributed by atoms with E-state index in [-0.39, 0.29) is 11.5 Å². The van der Waals surface area contributed by atoms with E-state index in [4.69, 9.17) is 15.2 Å². The van der Waals surface area contributed by atoms with Crippen LogP contribution in [-0.4, -0.2) is 26.4 Å². The zero-order valence-electron chi connectivity index (χ0n) is 13.3. The summed E-state index contributed by atoms with van der Waals surface area (Å²) in [6.07, 6.45) is 1.13. The Morgan fingerprint density at radius 1 is 1.30 bits per heavy atom. The van der Waals surface area contributed by atoms with Crippen LogP contribution in [0.25, 0.3) is 0 Å². The zero-order valence-corrected chi connectivity index (χ0v) is 13.3. The molecule has 20 heavy (non-hydrogen) atoms. The third-order valence-electron chi connectivity index (χ3n) is 3.13. The normalized spacial score (nSPS) is 11.7. The molecule has 4 nitrogen and oxygen atoms in total. The molecule has 0 radical (unpaired) electrons. The Morgan fingerprint density at radius 3 is 2.60 bits per heavy atom. The highest BCUT2D eigenvalue weighted by Crippen LogP contribution is 2.28. The third kappa shape index (κ3) is 5.70. The van der Waals surface area contributed by atoms with Crippen molar-refractivity contribution in [1.82, 2.24) is 0 Å². The van der Waals surface area contributed by atoms with Crippen molar-refractivity contribution in [2.75, 3.05) is 31.3 Å². The van der Waals surface area contributed by atoms with Gasteiger partial charge in [0.1, 0.15) is 5.75 Å². The number of ether oxygens (including phenoxy) is 2. The molecule has 0 unspecified atom stereocenters. The molecule has 1 aromatic carbocycles. The SMILES string of the molecule is COCCC(C)(C)CNc1ccc(N)c(OC(C)C)c1. The Labute approximate surface area is 122 Å². The molecular weight excluding hydrogens is 252 g/mol. The van der Waals surface area contributed by atoms with E-state index < -0.39 is 0 Å². The Morgan fingerprint density at radius 2 is 2.00 bits per heavy atom. The molecule has 0 spiro atoms. The highest BCUT2D eigenvalue weighted by molar-refractivity contribution is 5.61. The van der Waals surface area contributed by atoms with Crippen molar-refractivity contribution in [3.05, 3.63) is 18.2 Å². The van der Waals surface area contributed by atoms with Crippen LogP contribution in [0.2, 0.25) is 0 Å². The van der Waals surface area contributed by atoms with E-state index in [2.05, 4.69) is 19.2 Å². The van der Waals surface area contributed by atoms with E-state index >= 15 is 0 Å². The van der Waals surface area contributed by atoms with Crippen molar-refractivity contribution in [1.29, 1.82) is 0 Å². The molecule has 1 rings (SSSR count). The summed E-state index contributed by atoms with van der Waals surface area (Å²) in [6.45, 7) is 10.1. The van der Waals surface area contributed by atoms with Gasteiger partial charge in [-0.1, -0.05) is 13.8 Å². The molecule has 0 aliphatic carbocycles. The molecule has 114 valence electrons. The molecular formula is C16H28N2O2. The molecule has 0 aliphatic heterocycles. The van der Waals surface area contributed by atoms with Crippen LogP contribution in [0.4, 0.5) is 11.4 Å². The lowest BCUT2D eigenvalue weighted by Crippen LogP contribution is -2.24. The third-order valence-corrected chi connectivity index (χ3v) is 3.13. The minimum atomic E-state index is 0.116. The first-order valence-electron chi connectivity index (χ1n) is 7.13. The van der Waals surface area contributed by atoms with Crippen LogP contribution in [0.15, 0.2) is 18.2 Å². The van der Waals surface area contributed by atoms with Gasteiger partial charge in [0.05, 0.1) is 11.8 Å². The maximum atomic E-state index is 5.92. The Kier molecular flexibility index (Phi) is 6.14. The molecule has 0 bridgehead atoms. The number of nitrogens with two attached hydrogens (primary N) is 1. The average molecular weight is 280 g/mol. The standard InChI is InChI=1S/C16H28N2O2/c1-12(2)20-15-10-13(6-7-14(15)17)18-11-16(3,4)8-9-19-5/h6-7,10,12,18H,8-9,11,17H2,1-5H3. The fraction of sp³-hybridized carbons (Fsp3) is 0.625. The molecule has 0 saturated heterocycles. The fourth-order valence-electron chi connectivity index (χ4n) is 1.81. The maximum absolute atomic E-state index is 5.92. The molecule has 0 aliphatic rings. The number of nitrogen functional groups attached to an aromatic ring is 1. The highest BCUT2D eigenvalue weighted by atomic mass is 16.5. The summed E-state index contributed by atoms with van der Waals surface area (Å²) in [7, 11) is 1.74. The van der Waals surface area contributed by atoms with Crippen LogP contribution >= 0.6 is 0 Å². The van der Waals surface area contributed by atoms with Gasteiger partial charge in [-0.15, -0.1) is 0 Å². The van der Waals surface area contributed by atoms with Crippen LogP contribution in [0.5, 0.6) is 5.75 Å². The Bertz CT molecular complexity index is 417. The van der Waals surface area contributed by atoms with Crippen LogP contribution in [0.1, 0.15) is 34.1 Å². The van der Waals surface area contributed by atoms with Crippen molar-refractivity contribution in [2.45, 2.75) is 40.2 Å². The summed E-state index contributed by atoms with van der Waals surface area (Å²) in [5, 5.41) is 3.44. The topological polar surface area (TPSA) is 56.5 Å². The van der Waals surface area contributed by atoms with Crippen molar-refractivity contribution < 1.29 is 9.47 Å². The lowest BCUT2D eigenvalue weighted by Gasteiger charge is -2.25.